The molecule has 102 valence electrons. The second-order valence-electron chi connectivity index (χ2n) is 3.37. The summed E-state index contributed by atoms with van der Waals surface area (Å²) in [6, 6.07) is 1.31. The van der Waals surface area contributed by atoms with Gasteiger partial charge in [-0.05, 0) is 0 Å². The fraction of sp³-hybridized carbons (Fsp3) is 0.200. The predicted octanol–water partition coefficient (Wildman–Crippen LogP) is 1.52. The van der Waals surface area contributed by atoms with Gasteiger partial charge in [-0.1, -0.05) is 34.8 Å². The highest BCUT2D eigenvalue weighted by Crippen LogP contribution is 2.13. The van der Waals surface area contributed by atoms with Gasteiger partial charge in [0.05, 0.1) is 22.4 Å². The number of nitrogens with zero attached hydrogens (tertiary/aromatic N) is 4. The average Bonchev–Trinajstić information content (AvgIpc) is 2.37. The van der Waals surface area contributed by atoms with Gasteiger partial charge >= 0.3 is 0 Å². The van der Waals surface area contributed by atoms with Crippen LogP contribution in [0.1, 0.15) is 0 Å². The molecule has 0 saturated heterocycles. The molecule has 0 atom stereocenters. The van der Waals surface area contributed by atoms with Crippen molar-refractivity contribution in [3.8, 4) is 0 Å². The van der Waals surface area contributed by atoms with Crippen LogP contribution < -0.4 is 11.1 Å². The number of hydrogen-bond acceptors (Lipinski definition) is 4. The molecule has 2 rings (SSSR count). The van der Waals surface area contributed by atoms with Gasteiger partial charge in [0, 0.05) is 20.2 Å². The van der Waals surface area contributed by atoms with Crippen molar-refractivity contribution < 1.29 is 0 Å². The van der Waals surface area contributed by atoms with E-state index >= 15 is 0 Å². The van der Waals surface area contributed by atoms with E-state index in [4.69, 9.17) is 34.8 Å². The number of aromatic nitrogens is 4. The van der Waals surface area contributed by atoms with E-state index in [1.165, 1.54) is 30.2 Å². The Bertz CT molecular complexity index is 696. The summed E-state index contributed by atoms with van der Waals surface area (Å²) in [6.45, 7) is 0. The third-order valence-corrected chi connectivity index (χ3v) is 2.93. The largest absolute Gasteiger partial charge is 0.286 e. The summed E-state index contributed by atoms with van der Waals surface area (Å²) < 4.78 is 2.33. The molecule has 19 heavy (non-hydrogen) atoms. The number of hydrogen-bond donors (Lipinski definition) is 0. The molecule has 0 saturated carbocycles. The summed E-state index contributed by atoms with van der Waals surface area (Å²) in [4.78, 5) is 21.5. The van der Waals surface area contributed by atoms with Crippen molar-refractivity contribution in [1.82, 2.24) is 19.6 Å². The van der Waals surface area contributed by atoms with Crippen molar-refractivity contribution in [2.24, 2.45) is 14.1 Å². The molecule has 0 amide bonds. The average molecular weight is 324 g/mol. The lowest BCUT2D eigenvalue weighted by Gasteiger charge is -1.95. The first-order chi connectivity index (χ1) is 8.82. The highest BCUT2D eigenvalue weighted by Gasteiger charge is 2.02. The first-order valence-corrected chi connectivity index (χ1v) is 6.02. The Labute approximate surface area is 123 Å². The minimum Gasteiger partial charge on any atom is -0.268 e. The fourth-order valence-corrected chi connectivity index (χ4v) is 1.37. The van der Waals surface area contributed by atoms with Crippen LogP contribution in [-0.2, 0) is 14.1 Å². The van der Waals surface area contributed by atoms with E-state index < -0.39 is 0 Å². The number of aryl methyl sites for hydroxylation is 2. The smallest absolute Gasteiger partial charge is 0.268 e. The summed E-state index contributed by atoms with van der Waals surface area (Å²) in [7, 11) is 3.07. The molecule has 9 heteroatoms. The molecule has 0 unspecified atom stereocenters. The van der Waals surface area contributed by atoms with Crippen molar-refractivity contribution in [3.63, 3.8) is 0 Å². The molecule has 0 aliphatic carbocycles. The summed E-state index contributed by atoms with van der Waals surface area (Å²) in [6.07, 6.45) is 2.74. The molecule has 0 aromatic carbocycles. The second kappa shape index (κ2) is 6.70. The third-order valence-electron chi connectivity index (χ3n) is 1.97. The Hall–Kier alpha value is -1.37. The van der Waals surface area contributed by atoms with Gasteiger partial charge in [0.25, 0.3) is 11.1 Å². The maximum Gasteiger partial charge on any atom is 0.286 e. The van der Waals surface area contributed by atoms with Crippen LogP contribution in [-0.4, -0.2) is 19.6 Å². The highest BCUT2D eigenvalue weighted by molar-refractivity contribution is 6.41. The van der Waals surface area contributed by atoms with Gasteiger partial charge < -0.3 is 0 Å². The van der Waals surface area contributed by atoms with Crippen LogP contribution in [0.15, 0.2) is 28.0 Å². The molecule has 0 fully saturated rings. The number of halogens is 3. The first-order valence-electron chi connectivity index (χ1n) is 4.89. The van der Waals surface area contributed by atoms with E-state index in [9.17, 15) is 9.59 Å². The highest BCUT2D eigenvalue weighted by atomic mass is 35.5. The van der Waals surface area contributed by atoms with Crippen LogP contribution in [0.4, 0.5) is 0 Å². The molecule has 6 nitrogen and oxygen atoms in total. The minimum atomic E-state index is -0.380. The SMILES string of the molecule is Cn1ncc(Cl)c(Cl)c1=O.Cn1ncc(Cl)cc1=O. The Morgan fingerprint density at radius 1 is 1.00 bits per heavy atom. The van der Waals surface area contributed by atoms with Gasteiger partial charge in [-0.3, -0.25) is 9.59 Å². The first kappa shape index (κ1) is 15.7. The second-order valence-corrected chi connectivity index (χ2v) is 4.59. The van der Waals surface area contributed by atoms with Gasteiger partial charge in [0.15, 0.2) is 0 Å². The Kier molecular flexibility index (Phi) is 5.53. The normalized spacial score (nSPS) is 9.74. The van der Waals surface area contributed by atoms with Crippen LogP contribution in [0, 0.1) is 0 Å². The van der Waals surface area contributed by atoms with Crippen LogP contribution >= 0.6 is 34.8 Å². The van der Waals surface area contributed by atoms with Gasteiger partial charge in [-0.2, -0.15) is 10.2 Å². The Morgan fingerprint density at radius 3 is 2.05 bits per heavy atom. The zero-order valence-corrected chi connectivity index (χ0v) is 12.2. The standard InChI is InChI=1S/C5H4Cl2N2O.C5H5ClN2O/c1-9-5(10)4(7)3(6)2-8-9;1-8-5(9)2-4(6)3-7-8/h2H,1H3;2-3H,1H3. The Morgan fingerprint density at radius 2 is 1.58 bits per heavy atom. The van der Waals surface area contributed by atoms with Crippen molar-refractivity contribution in [2.45, 2.75) is 0 Å². The zero-order chi connectivity index (χ0) is 14.6. The molecule has 0 aliphatic rings. The van der Waals surface area contributed by atoms with Crippen LogP contribution in [0.3, 0.4) is 0 Å². The number of rotatable bonds is 0. The van der Waals surface area contributed by atoms with Gasteiger partial charge in [0.2, 0.25) is 0 Å². The van der Waals surface area contributed by atoms with E-state index in [-0.39, 0.29) is 21.2 Å². The van der Waals surface area contributed by atoms with Crippen molar-refractivity contribution >= 4 is 34.8 Å². The van der Waals surface area contributed by atoms with E-state index in [1.807, 2.05) is 0 Å². The van der Waals surface area contributed by atoms with E-state index in [1.54, 1.807) is 7.05 Å². The zero-order valence-electron chi connectivity index (χ0n) is 9.97. The van der Waals surface area contributed by atoms with Crippen LogP contribution in [0.25, 0.3) is 0 Å². The maximum absolute atomic E-state index is 10.9. The molecule has 0 bridgehead atoms. The quantitative estimate of drug-likeness (QED) is 0.737. The molecular formula is C10H9Cl3N4O2. The predicted molar refractivity (Wildman–Crippen MR) is 74.0 cm³/mol. The fourth-order valence-electron chi connectivity index (χ4n) is 0.938. The third kappa shape index (κ3) is 4.34. The summed E-state index contributed by atoms with van der Waals surface area (Å²) in [5, 5.41) is 7.85. The van der Waals surface area contributed by atoms with E-state index in [2.05, 4.69) is 10.2 Å². The van der Waals surface area contributed by atoms with Crippen LogP contribution in [0.2, 0.25) is 15.1 Å². The van der Waals surface area contributed by atoms with E-state index in [0.29, 0.717) is 5.02 Å². The summed E-state index contributed by atoms with van der Waals surface area (Å²) in [5.41, 5.74) is -0.573. The minimum absolute atomic E-state index is 0.0131. The van der Waals surface area contributed by atoms with Gasteiger partial charge in [-0.25, -0.2) is 9.36 Å². The lowest BCUT2D eigenvalue weighted by atomic mass is 10.6. The molecule has 2 aromatic heterocycles. The van der Waals surface area contributed by atoms with Gasteiger partial charge in [0.1, 0.15) is 5.02 Å². The molecule has 0 radical (unpaired) electrons. The monoisotopic (exact) mass is 322 g/mol. The summed E-state index contributed by atoms with van der Waals surface area (Å²) in [5.74, 6) is 0. The van der Waals surface area contributed by atoms with Crippen molar-refractivity contribution in [3.05, 3.63) is 54.2 Å². The lowest BCUT2D eigenvalue weighted by molar-refractivity contribution is 0.707. The maximum atomic E-state index is 10.9. The molecule has 0 spiro atoms. The molecular weight excluding hydrogens is 314 g/mol. The molecule has 0 aliphatic heterocycles. The van der Waals surface area contributed by atoms with Crippen LogP contribution in [0.5, 0.6) is 0 Å². The van der Waals surface area contributed by atoms with Crippen molar-refractivity contribution in [2.75, 3.05) is 0 Å². The lowest BCUT2D eigenvalue weighted by Crippen LogP contribution is -2.19. The Balaban J connectivity index is 0.000000191. The van der Waals surface area contributed by atoms with Gasteiger partial charge in [-0.15, -0.1) is 0 Å². The molecule has 2 heterocycles. The summed E-state index contributed by atoms with van der Waals surface area (Å²) >= 11 is 16.4. The van der Waals surface area contributed by atoms with E-state index in [0.717, 1.165) is 4.68 Å². The molecule has 0 N–H and O–H groups in total. The molecule has 2 aromatic rings. The van der Waals surface area contributed by atoms with Crippen molar-refractivity contribution in [1.29, 1.82) is 0 Å². The topological polar surface area (TPSA) is 69.8 Å².